The average molecular weight is 385 g/mol. The van der Waals surface area contributed by atoms with Crippen LogP contribution in [0.1, 0.15) is 27.3 Å². The van der Waals surface area contributed by atoms with Crippen LogP contribution in [0.4, 0.5) is 28.3 Å². The van der Waals surface area contributed by atoms with E-state index in [-0.39, 0.29) is 30.1 Å². The van der Waals surface area contributed by atoms with Gasteiger partial charge in [-0.25, -0.2) is 14.4 Å². The number of nitrogens with zero attached hydrogens (tertiary/aromatic N) is 3. The van der Waals surface area contributed by atoms with Gasteiger partial charge in [-0.3, -0.25) is 4.79 Å². The van der Waals surface area contributed by atoms with Gasteiger partial charge in [-0.05, 0) is 19.1 Å². The third-order valence-electron chi connectivity index (χ3n) is 4.44. The van der Waals surface area contributed by atoms with Crippen LogP contribution in [0.25, 0.3) is 0 Å². The zero-order chi connectivity index (χ0) is 18.9. The lowest BCUT2D eigenvalue weighted by Gasteiger charge is -2.29. The third kappa shape index (κ3) is 2.36. The Hall–Kier alpha value is -2.33. The van der Waals surface area contributed by atoms with Crippen molar-refractivity contribution in [3.63, 3.8) is 0 Å². The van der Waals surface area contributed by atoms with Gasteiger partial charge in [-0.1, -0.05) is 0 Å². The number of anilines is 1. The van der Waals surface area contributed by atoms with Gasteiger partial charge in [-0.15, -0.1) is 11.3 Å². The van der Waals surface area contributed by atoms with Crippen molar-refractivity contribution >= 4 is 33.6 Å². The lowest BCUT2D eigenvalue weighted by molar-refractivity contribution is -0.139. The van der Waals surface area contributed by atoms with Gasteiger partial charge in [0.1, 0.15) is 10.8 Å². The summed E-state index contributed by atoms with van der Waals surface area (Å²) in [5.41, 5.74) is -4.16. The number of halogens is 4. The first-order chi connectivity index (χ1) is 12.1. The van der Waals surface area contributed by atoms with Crippen LogP contribution in [0.3, 0.4) is 0 Å². The van der Waals surface area contributed by atoms with Crippen molar-refractivity contribution < 1.29 is 27.5 Å². The number of aromatic nitrogens is 1. The van der Waals surface area contributed by atoms with E-state index < -0.39 is 28.9 Å². The zero-order valence-electron chi connectivity index (χ0n) is 13.3. The number of benzene rings is 1. The molecule has 1 fully saturated rings. The van der Waals surface area contributed by atoms with Crippen LogP contribution in [-0.2, 0) is 6.18 Å². The van der Waals surface area contributed by atoms with Gasteiger partial charge in [-0.2, -0.15) is 13.2 Å². The Morgan fingerprint density at radius 2 is 2.08 bits per heavy atom. The summed E-state index contributed by atoms with van der Waals surface area (Å²) in [7, 11) is 0. The molecule has 26 heavy (non-hydrogen) atoms. The summed E-state index contributed by atoms with van der Waals surface area (Å²) >= 11 is 1.30. The molecular weight excluding hydrogens is 374 g/mol. The van der Waals surface area contributed by atoms with E-state index in [4.69, 9.17) is 0 Å². The van der Waals surface area contributed by atoms with E-state index in [9.17, 15) is 27.5 Å². The van der Waals surface area contributed by atoms with E-state index in [0.717, 1.165) is 5.01 Å². The van der Waals surface area contributed by atoms with Crippen molar-refractivity contribution in [2.75, 3.05) is 11.4 Å². The van der Waals surface area contributed by atoms with Crippen LogP contribution in [0.15, 0.2) is 23.3 Å². The van der Waals surface area contributed by atoms with Gasteiger partial charge in [0, 0.05) is 18.5 Å². The highest BCUT2D eigenvalue weighted by Gasteiger charge is 2.53. The number of ketones is 1. The molecule has 0 unspecified atom stereocenters. The molecule has 0 radical (unpaired) electrons. The van der Waals surface area contributed by atoms with Crippen LogP contribution in [0, 0.1) is 12.7 Å². The Morgan fingerprint density at radius 3 is 2.69 bits per heavy atom. The quantitative estimate of drug-likeness (QED) is 0.764. The zero-order valence-corrected chi connectivity index (χ0v) is 14.1. The number of alkyl halides is 3. The van der Waals surface area contributed by atoms with Crippen molar-refractivity contribution in [2.24, 2.45) is 4.99 Å². The Morgan fingerprint density at radius 1 is 1.35 bits per heavy atom. The molecule has 0 amide bonds. The molecule has 1 aromatic carbocycles. The van der Waals surface area contributed by atoms with E-state index in [0.29, 0.717) is 17.1 Å². The molecule has 0 bridgehead atoms. The van der Waals surface area contributed by atoms with Crippen molar-refractivity contribution in [2.45, 2.75) is 25.1 Å². The molecule has 2 aromatic rings. The number of carbonyl (C=O) groups is 1. The minimum atomic E-state index is -4.92. The summed E-state index contributed by atoms with van der Waals surface area (Å²) < 4.78 is 52.7. The third-order valence-corrected chi connectivity index (χ3v) is 5.37. The lowest BCUT2D eigenvalue weighted by atomic mass is 9.87. The number of hydrogen-bond donors (Lipinski definition) is 1. The van der Waals surface area contributed by atoms with Crippen molar-refractivity contribution in [3.8, 4) is 0 Å². The topological polar surface area (TPSA) is 65.8 Å². The predicted octanol–water partition coefficient (Wildman–Crippen LogP) is 3.48. The van der Waals surface area contributed by atoms with Crippen LogP contribution in [-0.4, -0.2) is 33.9 Å². The second-order valence-electron chi connectivity index (χ2n) is 6.09. The Bertz CT molecular complexity index is 969. The number of aliphatic imine (C=N–C) groups is 1. The first-order valence-electron chi connectivity index (χ1n) is 7.58. The number of amidine groups is 1. The van der Waals surface area contributed by atoms with Crippen LogP contribution < -0.4 is 4.90 Å². The van der Waals surface area contributed by atoms with Gasteiger partial charge in [0.05, 0.1) is 22.5 Å². The summed E-state index contributed by atoms with van der Waals surface area (Å²) in [4.78, 5) is 22.5. The number of hydrogen-bond acceptors (Lipinski definition) is 6. The van der Waals surface area contributed by atoms with Crippen molar-refractivity contribution in [1.82, 2.24) is 4.98 Å². The van der Waals surface area contributed by atoms with Gasteiger partial charge < -0.3 is 10.0 Å². The number of thiazole rings is 1. The molecule has 0 spiro atoms. The molecule has 4 rings (SSSR count). The number of carbonyl (C=O) groups excluding carboxylic acids is 1. The van der Waals surface area contributed by atoms with Crippen LogP contribution >= 0.6 is 11.3 Å². The second-order valence-corrected chi connectivity index (χ2v) is 7.30. The SMILES string of the molecule is Cc1ncc(N2CC[C@@]3(O)C(=O)c4cc(F)c(C(F)(F)F)cc4N=C23)s1. The van der Waals surface area contributed by atoms with E-state index in [1.165, 1.54) is 11.3 Å². The normalized spacial score (nSPS) is 22.3. The monoisotopic (exact) mass is 385 g/mol. The first-order valence-corrected chi connectivity index (χ1v) is 8.40. The number of aliphatic hydroxyl groups is 1. The first kappa shape index (κ1) is 17.1. The van der Waals surface area contributed by atoms with Crippen molar-refractivity contribution in [3.05, 3.63) is 40.3 Å². The predicted molar refractivity (Wildman–Crippen MR) is 86.6 cm³/mol. The minimum Gasteiger partial charge on any atom is -0.374 e. The fraction of sp³-hybridized carbons (Fsp3) is 0.312. The smallest absolute Gasteiger partial charge is 0.374 e. The molecule has 3 heterocycles. The number of fused-ring (bicyclic) bond motifs is 2. The van der Waals surface area contributed by atoms with Crippen LogP contribution in [0.5, 0.6) is 0 Å². The fourth-order valence-electron chi connectivity index (χ4n) is 3.16. The average Bonchev–Trinajstić information content (AvgIpc) is 3.11. The number of aryl methyl sites for hydroxylation is 1. The van der Waals surface area contributed by atoms with Crippen molar-refractivity contribution in [1.29, 1.82) is 0 Å². The number of rotatable bonds is 1. The van der Waals surface area contributed by atoms with Crippen LogP contribution in [0.2, 0.25) is 0 Å². The van der Waals surface area contributed by atoms with E-state index in [1.807, 2.05) is 0 Å². The summed E-state index contributed by atoms with van der Waals surface area (Å²) in [6, 6.07) is 1.00. The molecule has 2 aliphatic rings. The molecule has 2 aliphatic heterocycles. The summed E-state index contributed by atoms with van der Waals surface area (Å²) in [6.45, 7) is 2.02. The maximum absolute atomic E-state index is 13.8. The largest absolute Gasteiger partial charge is 0.419 e. The summed E-state index contributed by atoms with van der Waals surface area (Å²) in [6.07, 6.45) is -3.37. The molecule has 10 heteroatoms. The summed E-state index contributed by atoms with van der Waals surface area (Å²) in [5, 5.41) is 12.2. The van der Waals surface area contributed by atoms with E-state index in [1.54, 1.807) is 18.0 Å². The highest BCUT2D eigenvalue weighted by atomic mass is 32.1. The molecule has 1 N–H and O–H groups in total. The highest BCUT2D eigenvalue weighted by molar-refractivity contribution is 7.15. The van der Waals surface area contributed by atoms with E-state index >= 15 is 0 Å². The Labute approximate surface area is 148 Å². The standard InChI is InChI=1S/C16H11F4N3O2S/c1-7-21-6-12(26-7)23-3-2-15(25)13(24)8-4-10(17)9(16(18,19)20)5-11(8)22-14(15)23/h4-6,25H,2-3H2,1H3/t15-/m1/s1. The molecule has 136 valence electrons. The molecule has 1 atom stereocenters. The second kappa shape index (κ2) is 5.34. The Kier molecular flexibility index (Phi) is 3.51. The van der Waals surface area contributed by atoms with E-state index in [2.05, 4.69) is 9.98 Å². The van der Waals surface area contributed by atoms with Gasteiger partial charge in [0.15, 0.2) is 11.4 Å². The minimum absolute atomic E-state index is 0.00367. The fourth-order valence-corrected chi connectivity index (χ4v) is 3.96. The molecule has 1 aromatic heterocycles. The van der Waals surface area contributed by atoms with Gasteiger partial charge in [0.2, 0.25) is 5.78 Å². The highest BCUT2D eigenvalue weighted by Crippen LogP contribution is 2.43. The number of Topliss-reactive ketones (excluding diaryl/α,β-unsaturated/α-hetero) is 1. The lowest BCUT2D eigenvalue weighted by Crippen LogP contribution is -2.48. The van der Waals surface area contributed by atoms with Gasteiger partial charge in [0.25, 0.3) is 0 Å². The van der Waals surface area contributed by atoms with Gasteiger partial charge >= 0.3 is 6.18 Å². The molecular formula is C16H11F4N3O2S. The summed E-state index contributed by atoms with van der Waals surface area (Å²) in [5.74, 6) is -2.48. The molecule has 1 saturated heterocycles. The maximum atomic E-state index is 13.8. The molecule has 5 nitrogen and oxygen atoms in total. The molecule has 0 saturated carbocycles. The maximum Gasteiger partial charge on any atom is 0.419 e. The molecule has 0 aliphatic carbocycles. The Balaban J connectivity index is 1.89.